The highest BCUT2D eigenvalue weighted by atomic mass is 16.3. The Bertz CT molecular complexity index is 307. The van der Waals surface area contributed by atoms with Crippen LogP contribution < -0.4 is 16.0 Å². The Morgan fingerprint density at radius 2 is 2.31 bits per heavy atom. The highest BCUT2D eigenvalue weighted by Crippen LogP contribution is 1.99. The standard InChI is InChI=1S/C10H17N5O/c16-9-6-12-5-8(9)13-3-4-15-10-7-11-1-2-14-10/h1-2,7-9,12-13,16H,3-6H2,(H,14,15)/t8-,9-/m1/s1. The lowest BCUT2D eigenvalue weighted by atomic mass is 10.2. The van der Waals surface area contributed by atoms with Gasteiger partial charge in [-0.15, -0.1) is 0 Å². The van der Waals surface area contributed by atoms with Gasteiger partial charge in [-0.25, -0.2) is 4.98 Å². The van der Waals surface area contributed by atoms with Crippen LogP contribution in [-0.4, -0.2) is 53.4 Å². The summed E-state index contributed by atoms with van der Waals surface area (Å²) in [5, 5.41) is 19.1. The van der Waals surface area contributed by atoms with Crippen LogP contribution in [0.25, 0.3) is 0 Å². The van der Waals surface area contributed by atoms with E-state index in [0.717, 1.165) is 25.5 Å². The number of hydrogen-bond acceptors (Lipinski definition) is 6. The number of hydrogen-bond donors (Lipinski definition) is 4. The number of β-amino-alcohol motifs (C(OH)–C–C–N with tert-alkyl or cyclic N) is 1. The molecule has 2 heterocycles. The lowest BCUT2D eigenvalue weighted by Gasteiger charge is -2.15. The third-order valence-corrected chi connectivity index (χ3v) is 2.58. The topological polar surface area (TPSA) is 82.1 Å². The lowest BCUT2D eigenvalue weighted by Crippen LogP contribution is -2.41. The van der Waals surface area contributed by atoms with Crippen LogP contribution in [-0.2, 0) is 0 Å². The van der Waals surface area contributed by atoms with E-state index in [4.69, 9.17) is 0 Å². The van der Waals surface area contributed by atoms with E-state index in [1.807, 2.05) is 0 Å². The van der Waals surface area contributed by atoms with Crippen molar-refractivity contribution < 1.29 is 5.11 Å². The number of aromatic nitrogens is 2. The van der Waals surface area contributed by atoms with E-state index in [1.54, 1.807) is 18.6 Å². The summed E-state index contributed by atoms with van der Waals surface area (Å²) in [7, 11) is 0. The van der Waals surface area contributed by atoms with Gasteiger partial charge in [-0.1, -0.05) is 0 Å². The van der Waals surface area contributed by atoms with Crippen LogP contribution in [0.2, 0.25) is 0 Å². The molecule has 2 rings (SSSR count). The van der Waals surface area contributed by atoms with E-state index < -0.39 is 0 Å². The summed E-state index contributed by atoms with van der Waals surface area (Å²) >= 11 is 0. The van der Waals surface area contributed by atoms with Crippen molar-refractivity contribution >= 4 is 5.82 Å². The highest BCUT2D eigenvalue weighted by Gasteiger charge is 2.23. The molecule has 4 N–H and O–H groups in total. The monoisotopic (exact) mass is 223 g/mol. The fourth-order valence-corrected chi connectivity index (χ4v) is 1.71. The zero-order valence-electron chi connectivity index (χ0n) is 9.06. The van der Waals surface area contributed by atoms with Gasteiger partial charge in [-0.2, -0.15) is 0 Å². The van der Waals surface area contributed by atoms with Crippen LogP contribution in [0.15, 0.2) is 18.6 Å². The number of nitrogens with one attached hydrogen (secondary N) is 3. The minimum atomic E-state index is -0.281. The Morgan fingerprint density at radius 3 is 3.00 bits per heavy atom. The van der Waals surface area contributed by atoms with Crippen LogP contribution in [0.5, 0.6) is 0 Å². The van der Waals surface area contributed by atoms with Crippen molar-refractivity contribution in [1.29, 1.82) is 0 Å². The molecule has 1 aromatic heterocycles. The molecule has 0 spiro atoms. The number of anilines is 1. The van der Waals surface area contributed by atoms with Crippen molar-refractivity contribution in [2.24, 2.45) is 0 Å². The molecule has 0 aromatic carbocycles. The second kappa shape index (κ2) is 5.74. The maximum atomic E-state index is 9.54. The van der Waals surface area contributed by atoms with Gasteiger partial charge in [0.15, 0.2) is 0 Å². The number of aliphatic hydroxyl groups is 1. The van der Waals surface area contributed by atoms with Gasteiger partial charge < -0.3 is 21.1 Å². The van der Waals surface area contributed by atoms with Gasteiger partial charge in [-0.05, 0) is 0 Å². The Morgan fingerprint density at radius 1 is 1.38 bits per heavy atom. The van der Waals surface area contributed by atoms with Gasteiger partial charge in [-0.3, -0.25) is 4.98 Å². The van der Waals surface area contributed by atoms with Gasteiger partial charge in [0.25, 0.3) is 0 Å². The van der Waals surface area contributed by atoms with Crippen molar-refractivity contribution in [2.45, 2.75) is 12.1 Å². The Hall–Kier alpha value is -1.24. The SMILES string of the molecule is O[C@@H]1CNC[C@H]1NCCNc1cnccn1. The normalized spacial score (nSPS) is 24.6. The molecule has 1 aliphatic heterocycles. The molecule has 0 amide bonds. The molecule has 0 radical (unpaired) electrons. The summed E-state index contributed by atoms with van der Waals surface area (Å²) in [6.07, 6.45) is 4.70. The van der Waals surface area contributed by atoms with Crippen LogP contribution >= 0.6 is 0 Å². The maximum Gasteiger partial charge on any atom is 0.144 e. The molecule has 2 atom stereocenters. The van der Waals surface area contributed by atoms with E-state index in [2.05, 4.69) is 25.9 Å². The maximum absolute atomic E-state index is 9.54. The van der Waals surface area contributed by atoms with E-state index in [1.165, 1.54) is 0 Å². The first-order valence-electron chi connectivity index (χ1n) is 5.48. The van der Waals surface area contributed by atoms with Gasteiger partial charge in [0.1, 0.15) is 5.82 Å². The molecule has 88 valence electrons. The van der Waals surface area contributed by atoms with Crippen molar-refractivity contribution in [3.63, 3.8) is 0 Å². The summed E-state index contributed by atoms with van der Waals surface area (Å²) in [6.45, 7) is 3.06. The molecule has 0 saturated carbocycles. The summed E-state index contributed by atoms with van der Waals surface area (Å²) in [5.74, 6) is 0.773. The van der Waals surface area contributed by atoms with Crippen molar-refractivity contribution in [3.8, 4) is 0 Å². The summed E-state index contributed by atoms with van der Waals surface area (Å²) < 4.78 is 0. The lowest BCUT2D eigenvalue weighted by molar-refractivity contribution is 0.164. The Kier molecular flexibility index (Phi) is 4.03. The Balaban J connectivity index is 1.62. The van der Waals surface area contributed by atoms with Gasteiger partial charge >= 0.3 is 0 Å². The van der Waals surface area contributed by atoms with Crippen LogP contribution in [0.3, 0.4) is 0 Å². The van der Waals surface area contributed by atoms with Crippen molar-refractivity contribution in [3.05, 3.63) is 18.6 Å². The fourth-order valence-electron chi connectivity index (χ4n) is 1.71. The van der Waals surface area contributed by atoms with Crippen LogP contribution in [0, 0.1) is 0 Å². The minimum Gasteiger partial charge on any atom is -0.390 e. The molecule has 0 aliphatic carbocycles. The summed E-state index contributed by atoms with van der Waals surface area (Å²) in [4.78, 5) is 8.06. The zero-order chi connectivity index (χ0) is 11.2. The summed E-state index contributed by atoms with van der Waals surface area (Å²) in [6, 6.07) is 0.156. The van der Waals surface area contributed by atoms with E-state index in [-0.39, 0.29) is 12.1 Å². The average molecular weight is 223 g/mol. The average Bonchev–Trinajstić information content (AvgIpc) is 2.72. The molecule has 6 nitrogen and oxygen atoms in total. The number of aliphatic hydroxyl groups excluding tert-OH is 1. The number of nitrogens with zero attached hydrogens (tertiary/aromatic N) is 2. The smallest absolute Gasteiger partial charge is 0.144 e. The fraction of sp³-hybridized carbons (Fsp3) is 0.600. The van der Waals surface area contributed by atoms with E-state index >= 15 is 0 Å². The molecule has 16 heavy (non-hydrogen) atoms. The first-order chi connectivity index (χ1) is 7.86. The van der Waals surface area contributed by atoms with Gasteiger partial charge in [0, 0.05) is 44.6 Å². The second-order valence-electron chi connectivity index (χ2n) is 3.80. The molecule has 1 saturated heterocycles. The molecule has 6 heteroatoms. The third-order valence-electron chi connectivity index (χ3n) is 2.58. The first-order valence-corrected chi connectivity index (χ1v) is 5.48. The predicted octanol–water partition coefficient (Wildman–Crippen LogP) is -1.19. The first kappa shape index (κ1) is 11.3. The highest BCUT2D eigenvalue weighted by molar-refractivity contribution is 5.29. The van der Waals surface area contributed by atoms with Gasteiger partial charge in [0.2, 0.25) is 0 Å². The summed E-state index contributed by atoms with van der Waals surface area (Å²) in [5.41, 5.74) is 0. The molecule has 1 aromatic rings. The predicted molar refractivity (Wildman–Crippen MR) is 61.2 cm³/mol. The van der Waals surface area contributed by atoms with Crippen LogP contribution in [0.4, 0.5) is 5.82 Å². The molecular formula is C10H17N5O. The second-order valence-corrected chi connectivity index (χ2v) is 3.80. The zero-order valence-corrected chi connectivity index (χ0v) is 9.06. The number of rotatable bonds is 5. The Labute approximate surface area is 94.5 Å². The molecule has 1 aliphatic rings. The largest absolute Gasteiger partial charge is 0.390 e. The molecule has 0 bridgehead atoms. The van der Waals surface area contributed by atoms with Crippen molar-refractivity contribution in [1.82, 2.24) is 20.6 Å². The molecular weight excluding hydrogens is 206 g/mol. The van der Waals surface area contributed by atoms with Crippen LogP contribution in [0.1, 0.15) is 0 Å². The quantitative estimate of drug-likeness (QED) is 0.470. The minimum absolute atomic E-state index is 0.156. The van der Waals surface area contributed by atoms with E-state index in [9.17, 15) is 5.11 Å². The molecule has 1 fully saturated rings. The van der Waals surface area contributed by atoms with E-state index in [0.29, 0.717) is 6.54 Å². The molecule has 0 unspecified atom stereocenters. The van der Waals surface area contributed by atoms with Crippen molar-refractivity contribution in [2.75, 3.05) is 31.5 Å². The van der Waals surface area contributed by atoms with Gasteiger partial charge in [0.05, 0.1) is 12.3 Å². The third kappa shape index (κ3) is 3.13.